The van der Waals surface area contributed by atoms with Crippen LogP contribution >= 0.6 is 23.2 Å². The van der Waals surface area contributed by atoms with Crippen molar-refractivity contribution in [2.75, 3.05) is 5.32 Å². The molecule has 0 aliphatic heterocycles. The number of ether oxygens (including phenoxy) is 1. The third kappa shape index (κ3) is 5.21. The number of esters is 1. The van der Waals surface area contributed by atoms with Crippen LogP contribution in [0.2, 0.25) is 10.0 Å². The highest BCUT2D eigenvalue weighted by Gasteiger charge is 2.25. The maximum Gasteiger partial charge on any atom is 0.314 e. The summed E-state index contributed by atoms with van der Waals surface area (Å²) in [5, 5.41) is 3.42. The highest BCUT2D eigenvalue weighted by Crippen LogP contribution is 2.26. The number of benzene rings is 2. The van der Waals surface area contributed by atoms with Crippen LogP contribution < -0.4 is 5.32 Å². The number of hydrogen-bond acceptors (Lipinski definition) is 3. The molecule has 0 saturated carbocycles. The summed E-state index contributed by atoms with van der Waals surface area (Å²) in [7, 11) is 0. The van der Waals surface area contributed by atoms with Gasteiger partial charge >= 0.3 is 5.97 Å². The van der Waals surface area contributed by atoms with E-state index in [1.807, 2.05) is 37.3 Å². The van der Waals surface area contributed by atoms with Gasteiger partial charge in [0.2, 0.25) is 0 Å². The molecule has 0 fully saturated rings. The second-order valence-electron chi connectivity index (χ2n) is 5.56. The predicted octanol–water partition coefficient (Wildman–Crippen LogP) is 5.06. The van der Waals surface area contributed by atoms with Crippen LogP contribution in [0.15, 0.2) is 48.5 Å². The molecule has 0 heterocycles. The second-order valence-corrected chi connectivity index (χ2v) is 6.41. The molecule has 132 valence electrons. The maximum absolute atomic E-state index is 12.4. The van der Waals surface area contributed by atoms with Gasteiger partial charge in [-0.1, -0.05) is 60.5 Å². The minimum Gasteiger partial charge on any atom is -0.452 e. The van der Waals surface area contributed by atoms with Crippen LogP contribution in [0, 0.1) is 0 Å². The molecule has 0 unspecified atom stereocenters. The number of carbonyl (C=O) groups excluding carboxylic acids is 2. The Bertz CT molecular complexity index is 750. The molecule has 0 bridgehead atoms. The van der Waals surface area contributed by atoms with Gasteiger partial charge in [0.1, 0.15) is 0 Å². The lowest BCUT2D eigenvalue weighted by Crippen LogP contribution is -2.31. The van der Waals surface area contributed by atoms with Crippen molar-refractivity contribution < 1.29 is 14.3 Å². The molecule has 0 aliphatic carbocycles. The zero-order chi connectivity index (χ0) is 18.4. The van der Waals surface area contributed by atoms with Crippen molar-refractivity contribution in [3.8, 4) is 0 Å². The minimum atomic E-state index is -0.947. The van der Waals surface area contributed by atoms with Crippen LogP contribution in [0.4, 0.5) is 5.69 Å². The van der Waals surface area contributed by atoms with Crippen LogP contribution in [0.25, 0.3) is 0 Å². The molecular weight excluding hydrogens is 361 g/mol. The van der Waals surface area contributed by atoms with Crippen molar-refractivity contribution in [3.05, 3.63) is 64.1 Å². The molecule has 2 aromatic carbocycles. The first-order valence-corrected chi connectivity index (χ1v) is 8.69. The van der Waals surface area contributed by atoms with Crippen molar-refractivity contribution >= 4 is 40.8 Å². The monoisotopic (exact) mass is 379 g/mol. The molecule has 6 heteroatoms. The lowest BCUT2D eigenvalue weighted by atomic mass is 9.97. The average molecular weight is 380 g/mol. The summed E-state index contributed by atoms with van der Waals surface area (Å²) in [6, 6.07) is 14.1. The number of amides is 1. The van der Waals surface area contributed by atoms with E-state index in [1.165, 1.54) is 13.0 Å². The number of rotatable bonds is 6. The summed E-state index contributed by atoms with van der Waals surface area (Å²) in [5.41, 5.74) is 1.28. The van der Waals surface area contributed by atoms with E-state index in [0.29, 0.717) is 22.2 Å². The average Bonchev–Trinajstić information content (AvgIpc) is 2.58. The first-order chi connectivity index (χ1) is 11.9. The fraction of sp³-hybridized carbons (Fsp3) is 0.263. The zero-order valence-electron chi connectivity index (χ0n) is 14.0. The van der Waals surface area contributed by atoms with Crippen molar-refractivity contribution in [2.45, 2.75) is 32.3 Å². The highest BCUT2D eigenvalue weighted by atomic mass is 35.5. The number of carbonyl (C=O) groups is 2. The standard InChI is InChI=1S/C19H19Cl2NO3/c1-3-15(13-7-5-4-6-8-13)19(24)25-12(2)18(23)22-17-10-9-14(20)11-16(17)21/h4-12,15H,3H2,1-2H3,(H,22,23)/t12-,15+/m1/s1. The molecule has 0 spiro atoms. The van der Waals surface area contributed by atoms with Crippen molar-refractivity contribution in [1.29, 1.82) is 0 Å². The molecule has 2 atom stereocenters. The molecule has 2 rings (SSSR count). The van der Waals surface area contributed by atoms with Crippen molar-refractivity contribution in [1.82, 2.24) is 0 Å². The Morgan fingerprint density at radius 3 is 2.40 bits per heavy atom. The van der Waals surface area contributed by atoms with E-state index in [1.54, 1.807) is 12.1 Å². The van der Waals surface area contributed by atoms with Gasteiger partial charge in [0, 0.05) is 5.02 Å². The first-order valence-electron chi connectivity index (χ1n) is 7.93. The third-order valence-electron chi connectivity index (χ3n) is 3.75. The molecule has 1 N–H and O–H groups in total. The smallest absolute Gasteiger partial charge is 0.314 e. The van der Waals surface area contributed by atoms with E-state index >= 15 is 0 Å². The summed E-state index contributed by atoms with van der Waals surface area (Å²) < 4.78 is 5.34. The molecule has 2 aromatic rings. The molecule has 4 nitrogen and oxygen atoms in total. The lowest BCUT2D eigenvalue weighted by Gasteiger charge is -2.19. The van der Waals surface area contributed by atoms with E-state index in [4.69, 9.17) is 27.9 Å². The molecule has 25 heavy (non-hydrogen) atoms. The fourth-order valence-corrected chi connectivity index (χ4v) is 2.81. The van der Waals surface area contributed by atoms with Gasteiger partial charge in [-0.15, -0.1) is 0 Å². The van der Waals surface area contributed by atoms with E-state index < -0.39 is 23.9 Å². The molecule has 0 aliphatic rings. The zero-order valence-corrected chi connectivity index (χ0v) is 15.5. The topological polar surface area (TPSA) is 55.4 Å². The second kappa shape index (κ2) is 8.88. The van der Waals surface area contributed by atoms with Crippen LogP contribution in [0.5, 0.6) is 0 Å². The Morgan fingerprint density at radius 2 is 1.80 bits per heavy atom. The molecule has 0 saturated heterocycles. The summed E-state index contributed by atoms with van der Waals surface area (Å²) in [6.07, 6.45) is -0.364. The van der Waals surface area contributed by atoms with E-state index in [0.717, 1.165) is 5.56 Å². The number of nitrogens with one attached hydrogen (secondary N) is 1. The Labute approximate surface area is 157 Å². The summed E-state index contributed by atoms with van der Waals surface area (Å²) in [5.74, 6) is -1.30. The van der Waals surface area contributed by atoms with E-state index in [2.05, 4.69) is 5.32 Å². The highest BCUT2D eigenvalue weighted by molar-refractivity contribution is 6.36. The first kappa shape index (κ1) is 19.3. The maximum atomic E-state index is 12.4. The van der Waals surface area contributed by atoms with E-state index in [-0.39, 0.29) is 0 Å². The summed E-state index contributed by atoms with van der Waals surface area (Å²) in [4.78, 5) is 24.7. The Kier molecular flexibility index (Phi) is 6.85. The number of hydrogen-bond donors (Lipinski definition) is 1. The molecular formula is C19H19Cl2NO3. The van der Waals surface area contributed by atoms with Gasteiger partial charge in [-0.3, -0.25) is 9.59 Å². The normalized spacial score (nSPS) is 13.0. The predicted molar refractivity (Wildman–Crippen MR) is 100 cm³/mol. The molecule has 0 aromatic heterocycles. The van der Waals surface area contributed by atoms with Crippen molar-refractivity contribution in [3.63, 3.8) is 0 Å². The largest absolute Gasteiger partial charge is 0.452 e. The van der Waals surface area contributed by atoms with Gasteiger partial charge in [-0.05, 0) is 37.1 Å². The molecule has 0 radical (unpaired) electrons. The number of halogens is 2. The third-order valence-corrected chi connectivity index (χ3v) is 4.29. The van der Waals surface area contributed by atoms with Crippen LogP contribution in [0.1, 0.15) is 31.7 Å². The quantitative estimate of drug-likeness (QED) is 0.713. The van der Waals surface area contributed by atoms with Crippen LogP contribution in [-0.2, 0) is 14.3 Å². The Balaban J connectivity index is 2.01. The van der Waals surface area contributed by atoms with Crippen LogP contribution in [0.3, 0.4) is 0 Å². The molecule has 1 amide bonds. The van der Waals surface area contributed by atoms with Gasteiger partial charge in [-0.2, -0.15) is 0 Å². The van der Waals surface area contributed by atoms with Gasteiger partial charge in [0.15, 0.2) is 6.10 Å². The number of anilines is 1. The fourth-order valence-electron chi connectivity index (χ4n) is 2.36. The Morgan fingerprint density at radius 1 is 1.12 bits per heavy atom. The minimum absolute atomic E-state index is 0.315. The van der Waals surface area contributed by atoms with Gasteiger partial charge < -0.3 is 10.1 Å². The van der Waals surface area contributed by atoms with Gasteiger partial charge in [0.25, 0.3) is 5.91 Å². The van der Waals surface area contributed by atoms with E-state index in [9.17, 15) is 9.59 Å². The van der Waals surface area contributed by atoms with Gasteiger partial charge in [-0.25, -0.2) is 0 Å². The SMILES string of the molecule is CC[C@H](C(=O)O[C@H](C)C(=O)Nc1ccc(Cl)cc1Cl)c1ccccc1. The summed E-state index contributed by atoms with van der Waals surface area (Å²) in [6.45, 7) is 3.42. The lowest BCUT2D eigenvalue weighted by molar-refractivity contribution is -0.154. The Hall–Kier alpha value is -2.04. The van der Waals surface area contributed by atoms with Crippen molar-refractivity contribution in [2.24, 2.45) is 0 Å². The van der Waals surface area contributed by atoms with Crippen LogP contribution in [-0.4, -0.2) is 18.0 Å². The summed E-state index contributed by atoms with van der Waals surface area (Å²) >= 11 is 11.9. The van der Waals surface area contributed by atoms with Gasteiger partial charge in [0.05, 0.1) is 16.6 Å².